The number of nitrogens with one attached hydrogen (secondary N) is 2. The van der Waals surface area contributed by atoms with Gasteiger partial charge in [-0.2, -0.15) is 5.10 Å². The summed E-state index contributed by atoms with van der Waals surface area (Å²) in [5.41, 5.74) is 3.48. The van der Waals surface area contributed by atoms with Gasteiger partial charge >= 0.3 is 6.03 Å². The van der Waals surface area contributed by atoms with Gasteiger partial charge in [-0.3, -0.25) is 9.89 Å². The Morgan fingerprint density at radius 2 is 2.15 bits per heavy atom. The van der Waals surface area contributed by atoms with Crippen molar-refractivity contribution < 1.29 is 9.59 Å². The van der Waals surface area contributed by atoms with Crippen LogP contribution < -0.4 is 5.32 Å². The zero-order chi connectivity index (χ0) is 18.6. The number of H-pyrrole nitrogens is 1. The summed E-state index contributed by atoms with van der Waals surface area (Å²) in [6.07, 6.45) is 7.45. The average molecular weight is 387 g/mol. The van der Waals surface area contributed by atoms with Crippen molar-refractivity contribution in [1.82, 2.24) is 20.4 Å². The number of nitrogens with zero attached hydrogens (tertiary/aromatic N) is 2. The molecule has 27 heavy (non-hydrogen) atoms. The van der Waals surface area contributed by atoms with Gasteiger partial charge in [-0.25, -0.2) is 4.79 Å². The van der Waals surface area contributed by atoms with Crippen LogP contribution in [0.15, 0.2) is 17.5 Å². The lowest BCUT2D eigenvalue weighted by atomic mass is 9.93. The molecule has 0 unspecified atom stereocenters. The fourth-order valence-electron chi connectivity index (χ4n) is 4.14. The third kappa shape index (κ3) is 4.08. The van der Waals surface area contributed by atoms with Gasteiger partial charge in [0.2, 0.25) is 0 Å². The summed E-state index contributed by atoms with van der Waals surface area (Å²) in [6.45, 7) is 1.66. The number of urea groups is 1. The molecule has 2 N–H and O–H groups in total. The van der Waals surface area contributed by atoms with Crippen molar-refractivity contribution in [3.8, 4) is 0 Å². The summed E-state index contributed by atoms with van der Waals surface area (Å²) in [5, 5.41) is 12.5. The first-order valence-corrected chi connectivity index (χ1v) is 10.8. The Balaban J connectivity index is 1.34. The molecule has 2 aliphatic rings. The van der Waals surface area contributed by atoms with Gasteiger partial charge in [-0.15, -0.1) is 11.3 Å². The highest BCUT2D eigenvalue weighted by Crippen LogP contribution is 2.24. The zero-order valence-corrected chi connectivity index (χ0v) is 16.3. The molecule has 0 radical (unpaired) electrons. The van der Waals surface area contributed by atoms with Crippen LogP contribution in [0.3, 0.4) is 0 Å². The number of hydrogen-bond acceptors (Lipinski definition) is 4. The number of fused-ring (bicyclic) bond motifs is 1. The minimum atomic E-state index is -0.0935. The first kappa shape index (κ1) is 18.2. The van der Waals surface area contributed by atoms with Crippen LogP contribution in [0.2, 0.25) is 0 Å². The molecular formula is C20H26N4O2S. The number of carbonyl (C=O) groups excluding carboxylic acids is 2. The molecule has 0 aromatic carbocycles. The monoisotopic (exact) mass is 386 g/mol. The van der Waals surface area contributed by atoms with E-state index in [-0.39, 0.29) is 17.7 Å². The van der Waals surface area contributed by atoms with Crippen molar-refractivity contribution in [2.45, 2.75) is 51.5 Å². The lowest BCUT2D eigenvalue weighted by molar-refractivity contribution is 0.0849. The Kier molecular flexibility index (Phi) is 5.57. The van der Waals surface area contributed by atoms with Crippen molar-refractivity contribution in [3.63, 3.8) is 0 Å². The topological polar surface area (TPSA) is 78.1 Å². The van der Waals surface area contributed by atoms with Gasteiger partial charge in [0.1, 0.15) is 0 Å². The predicted octanol–water partition coefficient (Wildman–Crippen LogP) is 3.54. The summed E-state index contributed by atoms with van der Waals surface area (Å²) in [5.74, 6) is 0.0740. The van der Waals surface area contributed by atoms with Crippen molar-refractivity contribution >= 4 is 23.2 Å². The van der Waals surface area contributed by atoms with E-state index in [1.165, 1.54) is 41.9 Å². The number of rotatable bonds is 4. The molecule has 0 saturated carbocycles. The summed E-state index contributed by atoms with van der Waals surface area (Å²) >= 11 is 1.48. The Labute approximate surface area is 163 Å². The first-order chi connectivity index (χ1) is 13.2. The summed E-state index contributed by atoms with van der Waals surface area (Å²) in [7, 11) is 0. The van der Waals surface area contributed by atoms with Crippen LogP contribution in [0.1, 0.15) is 58.7 Å². The molecule has 1 atom stereocenters. The van der Waals surface area contributed by atoms with Gasteiger partial charge in [0.25, 0.3) is 0 Å². The largest absolute Gasteiger partial charge is 0.332 e. The molecule has 3 heterocycles. The number of piperidine rings is 1. The Bertz CT molecular complexity index is 799. The number of ketones is 1. The van der Waals surface area contributed by atoms with E-state index in [4.69, 9.17) is 0 Å². The molecular weight excluding hydrogens is 360 g/mol. The SMILES string of the molecule is O=C(c1cccs1)[C@H]1CCCN(C(=O)NCc2n[nH]c3c2CCCCC3)C1. The van der Waals surface area contributed by atoms with E-state index in [2.05, 4.69) is 15.5 Å². The maximum absolute atomic E-state index is 12.7. The second-order valence-corrected chi connectivity index (χ2v) is 8.42. The number of carbonyl (C=O) groups is 2. The number of hydrogen-bond donors (Lipinski definition) is 2. The summed E-state index contributed by atoms with van der Waals surface area (Å²) in [4.78, 5) is 27.8. The van der Waals surface area contributed by atoms with E-state index in [1.807, 2.05) is 17.5 Å². The number of Topliss-reactive ketones (excluding diaryl/α,β-unsaturated/α-hetero) is 1. The fraction of sp³-hybridized carbons (Fsp3) is 0.550. The predicted molar refractivity (Wildman–Crippen MR) is 105 cm³/mol. The number of aryl methyl sites for hydroxylation is 1. The lowest BCUT2D eigenvalue weighted by Gasteiger charge is -2.31. The standard InChI is InChI=1S/C20H26N4O2S/c25-19(18-9-5-11-27-18)14-6-4-10-24(13-14)20(26)21-12-17-15-7-2-1-3-8-16(15)22-23-17/h5,9,11,14H,1-4,6-8,10,12-13H2,(H,21,26)(H,22,23)/t14-/m0/s1. The van der Waals surface area contributed by atoms with Crippen LogP contribution in [0.5, 0.6) is 0 Å². The van der Waals surface area contributed by atoms with Gasteiger partial charge in [0.05, 0.1) is 17.1 Å². The van der Waals surface area contributed by atoms with Crippen LogP contribution in [-0.4, -0.2) is 40.0 Å². The lowest BCUT2D eigenvalue weighted by Crippen LogP contribution is -2.46. The number of likely N-dealkylation sites (tertiary alicyclic amines) is 1. The van der Waals surface area contributed by atoms with Crippen molar-refractivity contribution in [2.75, 3.05) is 13.1 Å². The van der Waals surface area contributed by atoms with E-state index in [0.29, 0.717) is 19.6 Å². The van der Waals surface area contributed by atoms with E-state index in [0.717, 1.165) is 36.3 Å². The van der Waals surface area contributed by atoms with Crippen LogP contribution >= 0.6 is 11.3 Å². The maximum Gasteiger partial charge on any atom is 0.317 e. The highest BCUT2D eigenvalue weighted by molar-refractivity contribution is 7.12. The zero-order valence-electron chi connectivity index (χ0n) is 15.5. The highest BCUT2D eigenvalue weighted by atomic mass is 32.1. The molecule has 1 aliphatic carbocycles. The number of thiophene rings is 1. The van der Waals surface area contributed by atoms with Crippen LogP contribution in [0, 0.1) is 5.92 Å². The average Bonchev–Trinajstić information content (AvgIpc) is 3.31. The highest BCUT2D eigenvalue weighted by Gasteiger charge is 2.29. The maximum atomic E-state index is 12.7. The molecule has 2 amide bonds. The molecule has 1 fully saturated rings. The normalized spacial score (nSPS) is 20.0. The molecule has 0 spiro atoms. The van der Waals surface area contributed by atoms with Gasteiger partial charge in [0.15, 0.2) is 5.78 Å². The molecule has 1 saturated heterocycles. The molecule has 144 valence electrons. The number of amides is 2. The minimum absolute atomic E-state index is 0.0928. The van der Waals surface area contributed by atoms with Crippen LogP contribution in [0.25, 0.3) is 0 Å². The number of aromatic nitrogens is 2. The molecule has 2 aromatic rings. The van der Waals surface area contributed by atoms with Crippen LogP contribution in [-0.2, 0) is 19.4 Å². The molecule has 1 aliphatic heterocycles. The van der Waals surface area contributed by atoms with Gasteiger partial charge in [0, 0.05) is 24.7 Å². The van der Waals surface area contributed by atoms with Gasteiger partial charge < -0.3 is 10.2 Å². The van der Waals surface area contributed by atoms with Crippen molar-refractivity contribution in [3.05, 3.63) is 39.3 Å². The summed E-state index contributed by atoms with van der Waals surface area (Å²) < 4.78 is 0. The van der Waals surface area contributed by atoms with Crippen LogP contribution in [0.4, 0.5) is 4.79 Å². The first-order valence-electron chi connectivity index (χ1n) is 9.88. The Morgan fingerprint density at radius 3 is 3.00 bits per heavy atom. The third-order valence-corrected chi connectivity index (χ3v) is 6.53. The molecule has 7 heteroatoms. The molecule has 4 rings (SSSR count). The fourth-order valence-corrected chi connectivity index (χ4v) is 4.88. The Hall–Kier alpha value is -2.15. The van der Waals surface area contributed by atoms with Crippen molar-refractivity contribution in [2.24, 2.45) is 5.92 Å². The quantitative estimate of drug-likeness (QED) is 0.623. The van der Waals surface area contributed by atoms with Gasteiger partial charge in [-0.1, -0.05) is 12.5 Å². The minimum Gasteiger partial charge on any atom is -0.332 e. The van der Waals surface area contributed by atoms with Crippen molar-refractivity contribution in [1.29, 1.82) is 0 Å². The Morgan fingerprint density at radius 1 is 1.26 bits per heavy atom. The smallest absolute Gasteiger partial charge is 0.317 e. The number of aromatic amines is 1. The second kappa shape index (κ2) is 8.25. The van der Waals surface area contributed by atoms with Gasteiger partial charge in [-0.05, 0) is 55.5 Å². The summed E-state index contributed by atoms with van der Waals surface area (Å²) in [6, 6.07) is 3.68. The molecule has 0 bridgehead atoms. The van der Waals surface area contributed by atoms with E-state index >= 15 is 0 Å². The molecule has 6 nitrogen and oxygen atoms in total. The van der Waals surface area contributed by atoms with E-state index in [1.54, 1.807) is 4.90 Å². The third-order valence-electron chi connectivity index (χ3n) is 5.64. The second-order valence-electron chi connectivity index (χ2n) is 7.47. The molecule has 2 aromatic heterocycles. The van der Waals surface area contributed by atoms with E-state index < -0.39 is 0 Å². The van der Waals surface area contributed by atoms with E-state index in [9.17, 15) is 9.59 Å².